The van der Waals surface area contributed by atoms with Gasteiger partial charge in [-0.15, -0.1) is 0 Å². The fourth-order valence-corrected chi connectivity index (χ4v) is 1.25. The SMILES string of the molecule is Cc1c(C#N)ccc2cncn12. The summed E-state index contributed by atoms with van der Waals surface area (Å²) in [7, 11) is 0. The highest BCUT2D eigenvalue weighted by Crippen LogP contribution is 2.10. The van der Waals surface area contributed by atoms with Crippen LogP contribution >= 0.6 is 0 Å². The van der Waals surface area contributed by atoms with Gasteiger partial charge in [-0.2, -0.15) is 5.26 Å². The summed E-state index contributed by atoms with van der Waals surface area (Å²) in [5.74, 6) is 0. The van der Waals surface area contributed by atoms with E-state index in [0.717, 1.165) is 11.2 Å². The van der Waals surface area contributed by atoms with Gasteiger partial charge in [0.2, 0.25) is 0 Å². The summed E-state index contributed by atoms with van der Waals surface area (Å²) in [6.45, 7) is 1.91. The normalized spacial score (nSPS) is 10.0. The van der Waals surface area contributed by atoms with Crippen LogP contribution in [0.4, 0.5) is 0 Å². The van der Waals surface area contributed by atoms with E-state index in [0.29, 0.717) is 5.56 Å². The highest BCUT2D eigenvalue weighted by atomic mass is 15.0. The lowest BCUT2D eigenvalue weighted by Crippen LogP contribution is -1.92. The van der Waals surface area contributed by atoms with E-state index >= 15 is 0 Å². The standard InChI is InChI=1S/C9H7N3/c1-7-8(4-10)2-3-9-5-11-6-12(7)9/h2-3,5-6H,1H3. The number of fused-ring (bicyclic) bond motifs is 1. The molecule has 0 bridgehead atoms. The number of pyridine rings is 1. The molecule has 2 rings (SSSR count). The summed E-state index contributed by atoms with van der Waals surface area (Å²) in [5, 5.41) is 8.73. The van der Waals surface area contributed by atoms with Gasteiger partial charge in [-0.05, 0) is 19.1 Å². The third-order valence-corrected chi connectivity index (χ3v) is 1.96. The summed E-state index contributed by atoms with van der Waals surface area (Å²) in [6, 6.07) is 5.83. The molecule has 0 aliphatic rings. The van der Waals surface area contributed by atoms with Gasteiger partial charge in [-0.1, -0.05) is 0 Å². The molecule has 0 amide bonds. The van der Waals surface area contributed by atoms with Gasteiger partial charge in [0, 0.05) is 5.69 Å². The molecule has 2 aromatic rings. The molecule has 0 radical (unpaired) electrons. The molecule has 0 fully saturated rings. The fourth-order valence-electron chi connectivity index (χ4n) is 1.25. The summed E-state index contributed by atoms with van der Waals surface area (Å²) in [4.78, 5) is 3.99. The maximum absolute atomic E-state index is 8.73. The quantitative estimate of drug-likeness (QED) is 0.581. The van der Waals surface area contributed by atoms with E-state index in [1.165, 1.54) is 0 Å². The van der Waals surface area contributed by atoms with E-state index in [9.17, 15) is 0 Å². The molecule has 12 heavy (non-hydrogen) atoms. The van der Waals surface area contributed by atoms with E-state index in [4.69, 9.17) is 5.26 Å². The zero-order chi connectivity index (χ0) is 8.55. The van der Waals surface area contributed by atoms with Gasteiger partial charge < -0.3 is 4.40 Å². The largest absolute Gasteiger partial charge is 0.302 e. The van der Waals surface area contributed by atoms with Crippen LogP contribution in [-0.4, -0.2) is 9.38 Å². The zero-order valence-electron chi connectivity index (χ0n) is 6.65. The lowest BCUT2D eigenvalue weighted by Gasteiger charge is -2.00. The van der Waals surface area contributed by atoms with Crippen LogP contribution in [0, 0.1) is 18.3 Å². The van der Waals surface area contributed by atoms with Crippen molar-refractivity contribution in [3.05, 3.63) is 35.9 Å². The molecule has 3 nitrogen and oxygen atoms in total. The Kier molecular flexibility index (Phi) is 1.34. The van der Waals surface area contributed by atoms with Gasteiger partial charge in [0.15, 0.2) is 0 Å². The third kappa shape index (κ3) is 0.785. The van der Waals surface area contributed by atoms with Crippen molar-refractivity contribution in [1.29, 1.82) is 5.26 Å². The summed E-state index contributed by atoms with van der Waals surface area (Å²) >= 11 is 0. The second kappa shape index (κ2) is 2.35. The number of rotatable bonds is 0. The highest BCUT2D eigenvalue weighted by molar-refractivity contribution is 5.50. The smallest absolute Gasteiger partial charge is 0.101 e. The Labute approximate surface area is 69.9 Å². The van der Waals surface area contributed by atoms with E-state index < -0.39 is 0 Å². The maximum atomic E-state index is 8.73. The van der Waals surface area contributed by atoms with E-state index in [-0.39, 0.29) is 0 Å². The van der Waals surface area contributed by atoms with Crippen molar-refractivity contribution in [3.8, 4) is 6.07 Å². The Hall–Kier alpha value is -1.82. The fraction of sp³-hybridized carbons (Fsp3) is 0.111. The van der Waals surface area contributed by atoms with Gasteiger partial charge in [0.25, 0.3) is 0 Å². The molecular weight excluding hydrogens is 150 g/mol. The number of aromatic nitrogens is 2. The Bertz CT molecular complexity index is 462. The second-order valence-electron chi connectivity index (χ2n) is 2.63. The van der Waals surface area contributed by atoms with Crippen LogP contribution in [0.25, 0.3) is 5.52 Å². The molecule has 3 heteroatoms. The summed E-state index contributed by atoms with van der Waals surface area (Å²) in [6.07, 6.45) is 3.49. The number of aryl methyl sites for hydroxylation is 1. The molecule has 0 saturated heterocycles. The molecule has 0 atom stereocenters. The van der Waals surface area contributed by atoms with Gasteiger partial charge in [-0.3, -0.25) is 0 Å². The van der Waals surface area contributed by atoms with Crippen LogP contribution in [0.15, 0.2) is 24.7 Å². The van der Waals surface area contributed by atoms with Crippen molar-refractivity contribution in [2.75, 3.05) is 0 Å². The van der Waals surface area contributed by atoms with E-state index in [1.807, 2.05) is 23.5 Å². The monoisotopic (exact) mass is 157 g/mol. The first-order chi connectivity index (χ1) is 5.83. The van der Waals surface area contributed by atoms with E-state index in [1.54, 1.807) is 12.5 Å². The zero-order valence-corrected chi connectivity index (χ0v) is 6.65. The van der Waals surface area contributed by atoms with Crippen LogP contribution in [0.1, 0.15) is 11.3 Å². The maximum Gasteiger partial charge on any atom is 0.101 e. The van der Waals surface area contributed by atoms with E-state index in [2.05, 4.69) is 11.1 Å². The van der Waals surface area contributed by atoms with Crippen LogP contribution in [-0.2, 0) is 0 Å². The number of imidazole rings is 1. The topological polar surface area (TPSA) is 41.1 Å². The second-order valence-corrected chi connectivity index (χ2v) is 2.63. The van der Waals surface area contributed by atoms with Crippen LogP contribution < -0.4 is 0 Å². The van der Waals surface area contributed by atoms with Crippen LogP contribution in [0.2, 0.25) is 0 Å². The number of nitrogens with zero attached hydrogens (tertiary/aromatic N) is 3. The first-order valence-corrected chi connectivity index (χ1v) is 3.64. The van der Waals surface area contributed by atoms with Crippen molar-refractivity contribution >= 4 is 5.52 Å². The first kappa shape index (κ1) is 6.86. The van der Waals surface area contributed by atoms with Gasteiger partial charge in [-0.25, -0.2) is 4.98 Å². The molecule has 2 heterocycles. The third-order valence-electron chi connectivity index (χ3n) is 1.96. The molecule has 0 unspecified atom stereocenters. The average molecular weight is 157 g/mol. The van der Waals surface area contributed by atoms with Gasteiger partial charge >= 0.3 is 0 Å². The Morgan fingerprint density at radius 3 is 3.08 bits per heavy atom. The molecular formula is C9H7N3. The van der Waals surface area contributed by atoms with Crippen LogP contribution in [0.5, 0.6) is 0 Å². The van der Waals surface area contributed by atoms with Crippen molar-refractivity contribution in [1.82, 2.24) is 9.38 Å². The molecule has 0 aliphatic heterocycles. The van der Waals surface area contributed by atoms with Crippen molar-refractivity contribution in [2.24, 2.45) is 0 Å². The van der Waals surface area contributed by atoms with Gasteiger partial charge in [0.05, 0.1) is 23.6 Å². The number of nitriles is 1. The highest BCUT2D eigenvalue weighted by Gasteiger charge is 2.00. The summed E-state index contributed by atoms with van der Waals surface area (Å²) < 4.78 is 1.90. The molecule has 58 valence electrons. The Morgan fingerprint density at radius 1 is 1.50 bits per heavy atom. The molecule has 2 aromatic heterocycles. The molecule has 0 aromatic carbocycles. The summed E-state index contributed by atoms with van der Waals surface area (Å²) in [5.41, 5.74) is 2.65. The minimum absolute atomic E-state index is 0.695. The minimum atomic E-state index is 0.695. The molecule has 0 N–H and O–H groups in total. The Morgan fingerprint density at radius 2 is 2.33 bits per heavy atom. The predicted octanol–water partition coefficient (Wildman–Crippen LogP) is 1.51. The van der Waals surface area contributed by atoms with Crippen molar-refractivity contribution in [3.63, 3.8) is 0 Å². The Balaban J connectivity index is 2.89. The van der Waals surface area contributed by atoms with Crippen molar-refractivity contribution in [2.45, 2.75) is 6.92 Å². The molecule has 0 spiro atoms. The van der Waals surface area contributed by atoms with Crippen molar-refractivity contribution < 1.29 is 0 Å². The lowest BCUT2D eigenvalue weighted by molar-refractivity contribution is 1.06. The van der Waals surface area contributed by atoms with Crippen LogP contribution in [0.3, 0.4) is 0 Å². The average Bonchev–Trinajstić information content (AvgIpc) is 2.53. The first-order valence-electron chi connectivity index (χ1n) is 3.64. The number of hydrogen-bond acceptors (Lipinski definition) is 2. The predicted molar refractivity (Wildman–Crippen MR) is 44.6 cm³/mol. The minimum Gasteiger partial charge on any atom is -0.302 e. The lowest BCUT2D eigenvalue weighted by atomic mass is 10.2. The molecule has 0 aliphatic carbocycles. The van der Waals surface area contributed by atoms with Gasteiger partial charge in [0.1, 0.15) is 6.07 Å². The molecule has 0 saturated carbocycles. The number of hydrogen-bond donors (Lipinski definition) is 0.